The smallest absolute Gasteiger partial charge is 0.123 e. The van der Waals surface area contributed by atoms with Gasteiger partial charge in [0.15, 0.2) is 0 Å². The van der Waals surface area contributed by atoms with E-state index in [9.17, 15) is 15.3 Å². The van der Waals surface area contributed by atoms with E-state index in [0.717, 1.165) is 26.8 Å². The number of phenols is 1. The minimum atomic E-state index is -0.738. The van der Waals surface area contributed by atoms with Crippen molar-refractivity contribution in [2.45, 2.75) is 32.0 Å². The molecule has 4 heteroatoms. The molecule has 0 aliphatic heterocycles. The van der Waals surface area contributed by atoms with Crippen LogP contribution in [-0.2, 0) is 0 Å². The topological polar surface area (TPSA) is 60.7 Å². The summed E-state index contributed by atoms with van der Waals surface area (Å²) in [5.41, 5.74) is 2.17. The Kier molecular flexibility index (Phi) is 6.68. The molecule has 3 N–H and O–H groups in total. The van der Waals surface area contributed by atoms with Gasteiger partial charge in [-0.15, -0.1) is 17.9 Å². The number of phenolic OH excluding ortho intramolecular Hbond substituents is 1. The van der Waals surface area contributed by atoms with Gasteiger partial charge in [-0.05, 0) is 48.2 Å². The maximum Gasteiger partial charge on any atom is 0.123 e. The number of fused-ring (bicyclic) bond motifs is 1. The summed E-state index contributed by atoms with van der Waals surface area (Å²) < 4.78 is 0. The summed E-state index contributed by atoms with van der Waals surface area (Å²) >= 11 is 1.48. The standard InChI is InChI=1S/C24H26O3S/c1-3-18(24(27)23-9-6-14-28-23)21(25)12-10-16(2)15-17-11-13-22(26)20-8-5-4-7-19(17)20/h3-9,11,13-15,18,21,24-27H,1,10,12H2,2H3/b16-15+/t18-,21-,24+/m1/s1. The highest BCUT2D eigenvalue weighted by Gasteiger charge is 2.25. The molecule has 0 saturated heterocycles. The Morgan fingerprint density at radius 3 is 2.50 bits per heavy atom. The molecule has 0 bridgehead atoms. The average molecular weight is 395 g/mol. The number of hydrogen-bond acceptors (Lipinski definition) is 4. The molecule has 28 heavy (non-hydrogen) atoms. The summed E-state index contributed by atoms with van der Waals surface area (Å²) in [6.45, 7) is 5.83. The van der Waals surface area contributed by atoms with Crippen molar-refractivity contribution >= 4 is 28.2 Å². The maximum absolute atomic E-state index is 10.6. The number of allylic oxidation sites excluding steroid dienone is 1. The molecule has 0 aliphatic carbocycles. The van der Waals surface area contributed by atoms with Crippen molar-refractivity contribution in [3.8, 4) is 5.75 Å². The van der Waals surface area contributed by atoms with E-state index in [4.69, 9.17) is 0 Å². The van der Waals surface area contributed by atoms with Crippen molar-refractivity contribution in [3.63, 3.8) is 0 Å². The molecule has 0 unspecified atom stereocenters. The molecule has 1 aromatic heterocycles. The third kappa shape index (κ3) is 4.53. The minimum absolute atomic E-state index is 0.275. The Labute approximate surface area is 169 Å². The second-order valence-electron chi connectivity index (χ2n) is 7.09. The van der Waals surface area contributed by atoms with Gasteiger partial charge in [-0.2, -0.15) is 0 Å². The molecule has 0 fully saturated rings. The molecular formula is C24H26O3S. The Balaban J connectivity index is 1.70. The number of thiophene rings is 1. The number of rotatable bonds is 8. The first kappa shape index (κ1) is 20.3. The third-order valence-corrected chi connectivity index (χ3v) is 6.03. The van der Waals surface area contributed by atoms with Gasteiger partial charge in [-0.1, -0.05) is 54.1 Å². The molecule has 1 heterocycles. The average Bonchev–Trinajstić information content (AvgIpc) is 3.24. The molecule has 146 valence electrons. The molecule has 0 amide bonds. The van der Waals surface area contributed by atoms with Gasteiger partial charge >= 0.3 is 0 Å². The minimum Gasteiger partial charge on any atom is -0.507 e. The zero-order valence-corrected chi connectivity index (χ0v) is 16.8. The van der Waals surface area contributed by atoms with Crippen LogP contribution in [0.2, 0.25) is 0 Å². The lowest BCUT2D eigenvalue weighted by Crippen LogP contribution is -2.24. The first-order valence-electron chi connectivity index (χ1n) is 9.41. The van der Waals surface area contributed by atoms with Crippen molar-refractivity contribution in [1.82, 2.24) is 0 Å². The van der Waals surface area contributed by atoms with Crippen molar-refractivity contribution in [2.75, 3.05) is 0 Å². The number of hydrogen-bond donors (Lipinski definition) is 3. The van der Waals surface area contributed by atoms with E-state index >= 15 is 0 Å². The molecule has 3 rings (SSSR count). The number of benzene rings is 2. The first-order valence-corrected chi connectivity index (χ1v) is 10.3. The predicted octanol–water partition coefficient (Wildman–Crippen LogP) is 5.69. The Hall–Kier alpha value is -2.40. The lowest BCUT2D eigenvalue weighted by Gasteiger charge is -2.24. The van der Waals surface area contributed by atoms with Gasteiger partial charge in [0.2, 0.25) is 0 Å². The van der Waals surface area contributed by atoms with E-state index in [-0.39, 0.29) is 5.75 Å². The number of aliphatic hydroxyl groups is 2. The molecule has 0 spiro atoms. The third-order valence-electron chi connectivity index (χ3n) is 5.09. The summed E-state index contributed by atoms with van der Waals surface area (Å²) in [5.74, 6) is -0.127. The fraction of sp³-hybridized carbons (Fsp3) is 0.250. The monoisotopic (exact) mass is 394 g/mol. The largest absolute Gasteiger partial charge is 0.507 e. The highest BCUT2D eigenvalue weighted by molar-refractivity contribution is 7.10. The van der Waals surface area contributed by atoms with Crippen LogP contribution in [0.25, 0.3) is 16.8 Å². The van der Waals surface area contributed by atoms with Gasteiger partial charge in [-0.25, -0.2) is 0 Å². The van der Waals surface area contributed by atoms with Crippen LogP contribution in [-0.4, -0.2) is 21.4 Å². The van der Waals surface area contributed by atoms with E-state index in [1.807, 2.05) is 54.8 Å². The summed E-state index contributed by atoms with van der Waals surface area (Å²) in [6, 6.07) is 15.2. The fourth-order valence-electron chi connectivity index (χ4n) is 3.48. The highest BCUT2D eigenvalue weighted by atomic mass is 32.1. The van der Waals surface area contributed by atoms with Gasteiger partial charge < -0.3 is 15.3 Å². The molecule has 2 aromatic carbocycles. The van der Waals surface area contributed by atoms with Crippen LogP contribution in [0.5, 0.6) is 5.75 Å². The van der Waals surface area contributed by atoms with Crippen LogP contribution in [0, 0.1) is 5.92 Å². The molecule has 0 aliphatic rings. The van der Waals surface area contributed by atoms with Gasteiger partial charge in [0, 0.05) is 16.2 Å². The van der Waals surface area contributed by atoms with Crippen molar-refractivity contribution in [2.24, 2.45) is 5.92 Å². The summed E-state index contributed by atoms with van der Waals surface area (Å²) in [5, 5.41) is 34.9. The number of aliphatic hydroxyl groups excluding tert-OH is 2. The Morgan fingerprint density at radius 2 is 1.82 bits per heavy atom. The van der Waals surface area contributed by atoms with Crippen molar-refractivity contribution < 1.29 is 15.3 Å². The Morgan fingerprint density at radius 1 is 1.07 bits per heavy atom. The van der Waals surface area contributed by atoms with Crippen LogP contribution in [0.3, 0.4) is 0 Å². The molecule has 0 saturated carbocycles. The first-order chi connectivity index (χ1) is 13.5. The van der Waals surface area contributed by atoms with Crippen molar-refractivity contribution in [1.29, 1.82) is 0 Å². The second kappa shape index (κ2) is 9.20. The summed E-state index contributed by atoms with van der Waals surface area (Å²) in [7, 11) is 0. The zero-order chi connectivity index (χ0) is 20.1. The normalized spacial score (nSPS) is 15.3. The molecule has 3 aromatic rings. The van der Waals surface area contributed by atoms with E-state index in [1.165, 1.54) is 11.3 Å². The number of aromatic hydroxyl groups is 1. The zero-order valence-electron chi connectivity index (χ0n) is 16.0. The maximum atomic E-state index is 10.6. The highest BCUT2D eigenvalue weighted by Crippen LogP contribution is 2.32. The van der Waals surface area contributed by atoms with E-state index in [2.05, 4.69) is 12.7 Å². The molecule has 3 nitrogen and oxygen atoms in total. The second-order valence-corrected chi connectivity index (χ2v) is 8.07. The molecular weight excluding hydrogens is 368 g/mol. The van der Waals surface area contributed by atoms with Gasteiger partial charge in [-0.3, -0.25) is 0 Å². The van der Waals surface area contributed by atoms with Gasteiger partial charge in [0.25, 0.3) is 0 Å². The lowest BCUT2D eigenvalue weighted by molar-refractivity contribution is 0.0337. The van der Waals surface area contributed by atoms with Crippen LogP contribution >= 0.6 is 11.3 Å². The van der Waals surface area contributed by atoms with Crippen LogP contribution < -0.4 is 0 Å². The van der Waals surface area contributed by atoms with Crippen molar-refractivity contribution in [3.05, 3.63) is 82.6 Å². The van der Waals surface area contributed by atoms with Crippen LogP contribution in [0.1, 0.15) is 36.3 Å². The SMILES string of the molecule is C=C[C@H]([C@H](O)CC/C(C)=C/c1ccc(O)c2ccccc12)[C@H](O)c1cccs1. The fourth-order valence-corrected chi connectivity index (χ4v) is 4.25. The Bertz CT molecular complexity index is 959. The van der Waals surface area contributed by atoms with Crippen LogP contribution in [0.15, 0.2) is 72.1 Å². The molecule has 3 atom stereocenters. The van der Waals surface area contributed by atoms with Crippen LogP contribution in [0.4, 0.5) is 0 Å². The quantitative estimate of drug-likeness (QED) is 0.430. The summed E-state index contributed by atoms with van der Waals surface area (Å²) in [6.07, 6.45) is 3.57. The lowest BCUT2D eigenvalue weighted by atomic mass is 9.90. The van der Waals surface area contributed by atoms with E-state index < -0.39 is 18.1 Å². The van der Waals surface area contributed by atoms with Gasteiger partial charge in [0.05, 0.1) is 12.2 Å². The molecule has 0 radical (unpaired) electrons. The van der Waals surface area contributed by atoms with E-state index in [0.29, 0.717) is 12.8 Å². The van der Waals surface area contributed by atoms with Gasteiger partial charge in [0.1, 0.15) is 5.75 Å². The van der Waals surface area contributed by atoms with E-state index in [1.54, 1.807) is 12.1 Å². The summed E-state index contributed by atoms with van der Waals surface area (Å²) in [4.78, 5) is 0.840. The predicted molar refractivity (Wildman–Crippen MR) is 117 cm³/mol.